The molecule has 0 aliphatic carbocycles. The smallest absolute Gasteiger partial charge is 0.344 e. The SMILES string of the molecule is CCc1nc2ccc(Br)cc2c(=O)n1N=Cc1ccc(N(C)C)cc1OCC(=O)OC(C)C. The zero-order valence-electron chi connectivity index (χ0n) is 19.3. The van der Waals surface area contributed by atoms with Gasteiger partial charge in [0.25, 0.3) is 5.56 Å². The highest BCUT2D eigenvalue weighted by molar-refractivity contribution is 9.10. The van der Waals surface area contributed by atoms with Crippen molar-refractivity contribution in [3.63, 3.8) is 0 Å². The Bertz CT molecular complexity index is 1250. The molecule has 0 radical (unpaired) electrons. The molecule has 1 aromatic heterocycles. The standard InChI is InChI=1S/C24H27BrN4O4/c1-6-22-27-20-10-8-17(25)11-19(20)24(31)29(22)26-13-16-7-9-18(28(4)5)12-21(16)32-14-23(30)33-15(2)3/h7-13,15H,6,14H2,1-5H3. The Hall–Kier alpha value is -3.20. The van der Waals surface area contributed by atoms with Crippen LogP contribution in [0.4, 0.5) is 5.69 Å². The Morgan fingerprint density at radius 3 is 2.67 bits per heavy atom. The molecule has 0 fully saturated rings. The van der Waals surface area contributed by atoms with Gasteiger partial charge >= 0.3 is 5.97 Å². The highest BCUT2D eigenvalue weighted by Gasteiger charge is 2.12. The lowest BCUT2D eigenvalue weighted by molar-refractivity contribution is -0.149. The molecule has 0 saturated carbocycles. The summed E-state index contributed by atoms with van der Waals surface area (Å²) in [5.41, 5.74) is 1.86. The van der Waals surface area contributed by atoms with Crippen molar-refractivity contribution in [2.75, 3.05) is 25.6 Å². The van der Waals surface area contributed by atoms with Crippen LogP contribution in [0.25, 0.3) is 10.9 Å². The number of nitrogens with zero attached hydrogens (tertiary/aromatic N) is 4. The van der Waals surface area contributed by atoms with E-state index in [-0.39, 0.29) is 18.3 Å². The summed E-state index contributed by atoms with van der Waals surface area (Å²) in [6.07, 6.45) is 1.84. The molecule has 174 valence electrons. The van der Waals surface area contributed by atoms with E-state index >= 15 is 0 Å². The van der Waals surface area contributed by atoms with Crippen LogP contribution in [-0.4, -0.2) is 48.7 Å². The maximum atomic E-state index is 13.1. The molecule has 0 saturated heterocycles. The quantitative estimate of drug-likeness (QED) is 0.333. The molecule has 0 unspecified atom stereocenters. The van der Waals surface area contributed by atoms with E-state index in [1.165, 1.54) is 10.9 Å². The van der Waals surface area contributed by atoms with Gasteiger partial charge in [-0.05, 0) is 44.2 Å². The van der Waals surface area contributed by atoms with Crippen molar-refractivity contribution in [3.8, 4) is 5.75 Å². The second-order valence-corrected chi connectivity index (χ2v) is 8.76. The molecule has 2 aromatic carbocycles. The third-order valence-electron chi connectivity index (χ3n) is 4.73. The zero-order chi connectivity index (χ0) is 24.1. The summed E-state index contributed by atoms with van der Waals surface area (Å²) in [5.74, 6) is 0.532. The second-order valence-electron chi connectivity index (χ2n) is 7.85. The van der Waals surface area contributed by atoms with Crippen molar-refractivity contribution in [2.24, 2.45) is 5.10 Å². The fourth-order valence-electron chi connectivity index (χ4n) is 3.13. The molecule has 3 aromatic rings. The number of aromatic nitrogens is 2. The molecule has 0 bridgehead atoms. The van der Waals surface area contributed by atoms with Crippen molar-refractivity contribution < 1.29 is 14.3 Å². The Morgan fingerprint density at radius 1 is 1.24 bits per heavy atom. The highest BCUT2D eigenvalue weighted by Crippen LogP contribution is 2.24. The minimum absolute atomic E-state index is 0.227. The van der Waals surface area contributed by atoms with Gasteiger partial charge in [-0.2, -0.15) is 9.78 Å². The first-order chi connectivity index (χ1) is 15.7. The number of carbonyl (C=O) groups excluding carboxylic acids is 1. The Balaban J connectivity index is 2.00. The molecule has 3 rings (SSSR count). The van der Waals surface area contributed by atoms with Crippen molar-refractivity contribution in [1.82, 2.24) is 9.66 Å². The number of rotatable bonds is 8. The van der Waals surface area contributed by atoms with E-state index in [0.717, 1.165) is 10.2 Å². The second kappa shape index (κ2) is 10.6. The Labute approximate surface area is 201 Å². The number of fused-ring (bicyclic) bond motifs is 1. The van der Waals surface area contributed by atoms with Gasteiger partial charge in [0.2, 0.25) is 0 Å². The summed E-state index contributed by atoms with van der Waals surface area (Å²) >= 11 is 3.40. The van der Waals surface area contributed by atoms with Crippen LogP contribution in [0.3, 0.4) is 0 Å². The van der Waals surface area contributed by atoms with E-state index in [4.69, 9.17) is 9.47 Å². The molecule has 9 heteroatoms. The molecule has 0 N–H and O–H groups in total. The Kier molecular flexibility index (Phi) is 7.86. The summed E-state index contributed by atoms with van der Waals surface area (Å²) in [7, 11) is 3.82. The van der Waals surface area contributed by atoms with Crippen LogP contribution in [0, 0.1) is 0 Å². The third kappa shape index (κ3) is 5.98. The predicted molar refractivity (Wildman–Crippen MR) is 134 cm³/mol. The average molecular weight is 515 g/mol. The number of halogens is 1. The van der Waals surface area contributed by atoms with Crippen LogP contribution < -0.4 is 15.2 Å². The lowest BCUT2D eigenvalue weighted by Crippen LogP contribution is -2.22. The van der Waals surface area contributed by atoms with Crippen LogP contribution in [0.5, 0.6) is 5.75 Å². The summed E-state index contributed by atoms with van der Waals surface area (Å²) in [6, 6.07) is 10.9. The first-order valence-corrected chi connectivity index (χ1v) is 11.4. The van der Waals surface area contributed by atoms with Crippen LogP contribution in [0.1, 0.15) is 32.2 Å². The predicted octanol–water partition coefficient (Wildman–Crippen LogP) is 4.00. The molecule has 33 heavy (non-hydrogen) atoms. The van der Waals surface area contributed by atoms with Gasteiger partial charge in [-0.1, -0.05) is 22.9 Å². The van der Waals surface area contributed by atoms with Gasteiger partial charge in [0, 0.05) is 42.3 Å². The molecule has 8 nitrogen and oxygen atoms in total. The largest absolute Gasteiger partial charge is 0.481 e. The third-order valence-corrected chi connectivity index (χ3v) is 5.22. The molecule has 0 spiro atoms. The maximum Gasteiger partial charge on any atom is 0.344 e. The van der Waals surface area contributed by atoms with Crippen LogP contribution in [0.15, 0.2) is 50.8 Å². The first kappa shape index (κ1) is 24.4. The first-order valence-electron chi connectivity index (χ1n) is 10.6. The van der Waals surface area contributed by atoms with Gasteiger partial charge in [0.15, 0.2) is 6.61 Å². The van der Waals surface area contributed by atoms with Gasteiger partial charge in [0.1, 0.15) is 11.6 Å². The number of aryl methyl sites for hydroxylation is 1. The lowest BCUT2D eigenvalue weighted by atomic mass is 10.2. The maximum absolute atomic E-state index is 13.1. The lowest BCUT2D eigenvalue weighted by Gasteiger charge is -2.16. The number of ether oxygens (including phenoxy) is 2. The van der Waals surface area contributed by atoms with Crippen molar-refractivity contribution in [2.45, 2.75) is 33.3 Å². The normalized spacial score (nSPS) is 11.4. The van der Waals surface area contributed by atoms with Crippen LogP contribution in [0.2, 0.25) is 0 Å². The fraction of sp³-hybridized carbons (Fsp3) is 0.333. The summed E-state index contributed by atoms with van der Waals surface area (Å²) < 4.78 is 13.0. The molecule has 0 amide bonds. The highest BCUT2D eigenvalue weighted by atomic mass is 79.9. The van der Waals surface area contributed by atoms with Gasteiger partial charge in [-0.3, -0.25) is 4.79 Å². The molecule has 0 aliphatic rings. The van der Waals surface area contributed by atoms with Crippen molar-refractivity contribution in [1.29, 1.82) is 0 Å². The Morgan fingerprint density at radius 2 is 2.00 bits per heavy atom. The number of hydrogen-bond acceptors (Lipinski definition) is 7. The minimum Gasteiger partial charge on any atom is -0.481 e. The van der Waals surface area contributed by atoms with E-state index in [0.29, 0.717) is 34.5 Å². The summed E-state index contributed by atoms with van der Waals surface area (Å²) in [6.45, 7) is 5.24. The van der Waals surface area contributed by atoms with E-state index in [1.807, 2.05) is 50.2 Å². The van der Waals surface area contributed by atoms with E-state index in [1.54, 1.807) is 26.0 Å². The zero-order valence-corrected chi connectivity index (χ0v) is 20.9. The van der Waals surface area contributed by atoms with Gasteiger partial charge in [0.05, 0.1) is 23.2 Å². The number of hydrogen-bond donors (Lipinski definition) is 0. The summed E-state index contributed by atoms with van der Waals surface area (Å²) in [4.78, 5) is 31.6. The number of anilines is 1. The monoisotopic (exact) mass is 514 g/mol. The van der Waals surface area contributed by atoms with E-state index < -0.39 is 5.97 Å². The minimum atomic E-state index is -0.461. The van der Waals surface area contributed by atoms with Gasteiger partial charge in [-0.25, -0.2) is 9.78 Å². The number of carbonyl (C=O) groups is 1. The summed E-state index contributed by atoms with van der Waals surface area (Å²) in [5, 5.41) is 4.90. The topological polar surface area (TPSA) is 86.0 Å². The molecule has 0 aliphatic heterocycles. The number of esters is 1. The fourth-order valence-corrected chi connectivity index (χ4v) is 3.49. The van der Waals surface area contributed by atoms with Gasteiger partial charge < -0.3 is 14.4 Å². The van der Waals surface area contributed by atoms with Crippen molar-refractivity contribution in [3.05, 3.63) is 62.6 Å². The van der Waals surface area contributed by atoms with E-state index in [2.05, 4.69) is 26.0 Å². The van der Waals surface area contributed by atoms with Crippen LogP contribution >= 0.6 is 15.9 Å². The average Bonchev–Trinajstić information content (AvgIpc) is 2.77. The molecule has 0 atom stereocenters. The number of benzene rings is 2. The molecular formula is C24H27BrN4O4. The van der Waals surface area contributed by atoms with Crippen molar-refractivity contribution >= 4 is 44.7 Å². The van der Waals surface area contributed by atoms with Gasteiger partial charge in [-0.15, -0.1) is 0 Å². The molecule has 1 heterocycles. The molecular weight excluding hydrogens is 488 g/mol. The van der Waals surface area contributed by atoms with E-state index in [9.17, 15) is 9.59 Å². The van der Waals surface area contributed by atoms with Crippen LogP contribution in [-0.2, 0) is 16.0 Å².